The number of rotatable bonds is 3. The molecule has 1 aromatic heterocycles. The molecule has 1 aliphatic carbocycles. The van der Waals surface area contributed by atoms with Crippen molar-refractivity contribution in [3.63, 3.8) is 0 Å². The molecule has 18 heavy (non-hydrogen) atoms. The Morgan fingerprint density at radius 1 is 1.39 bits per heavy atom. The number of hydrogen-bond donors (Lipinski definition) is 3. The molecule has 1 fully saturated rings. The lowest BCUT2D eigenvalue weighted by Gasteiger charge is -2.02. The van der Waals surface area contributed by atoms with Gasteiger partial charge in [-0.2, -0.15) is 5.10 Å². The summed E-state index contributed by atoms with van der Waals surface area (Å²) in [5, 5.41) is 9.31. The van der Waals surface area contributed by atoms with Gasteiger partial charge in [-0.25, -0.2) is 0 Å². The number of anilines is 1. The van der Waals surface area contributed by atoms with Gasteiger partial charge in [0.25, 0.3) is 5.91 Å². The summed E-state index contributed by atoms with van der Waals surface area (Å²) in [6.45, 7) is 0. The Morgan fingerprint density at radius 3 is 2.83 bits per heavy atom. The largest absolute Gasteiger partial charge is 0.382 e. The minimum atomic E-state index is -0.150. The Bertz CT molecular complexity index is 563. The van der Waals surface area contributed by atoms with Crippen LogP contribution >= 0.6 is 0 Å². The first-order valence-electron chi connectivity index (χ1n) is 5.91. The molecule has 1 saturated carbocycles. The molecule has 1 aliphatic rings. The number of nitrogens with one attached hydrogen (secondary N) is 2. The molecule has 5 nitrogen and oxygen atoms in total. The number of H-pyrrole nitrogens is 1. The normalized spacial score (nSPS) is 21.6. The van der Waals surface area contributed by atoms with Crippen molar-refractivity contribution in [3.05, 3.63) is 47.7 Å². The fraction of sp³-hybridized carbons (Fsp3) is 0.231. The quantitative estimate of drug-likeness (QED) is 0.758. The number of nitrogen functional groups attached to an aromatic ring is 1. The van der Waals surface area contributed by atoms with Crippen LogP contribution in [0.3, 0.4) is 0 Å². The van der Waals surface area contributed by atoms with Gasteiger partial charge in [0.1, 0.15) is 11.5 Å². The maximum atomic E-state index is 11.8. The van der Waals surface area contributed by atoms with E-state index in [1.165, 1.54) is 11.6 Å². The molecule has 1 amide bonds. The number of nitrogens with two attached hydrogens (primary N) is 1. The first-order chi connectivity index (χ1) is 8.74. The highest BCUT2D eigenvalue weighted by atomic mass is 16.2. The first-order valence-corrected chi connectivity index (χ1v) is 5.91. The van der Waals surface area contributed by atoms with Crippen LogP contribution < -0.4 is 11.1 Å². The summed E-state index contributed by atoms with van der Waals surface area (Å²) in [7, 11) is 0. The van der Waals surface area contributed by atoms with Crippen molar-refractivity contribution in [1.82, 2.24) is 15.5 Å². The Kier molecular flexibility index (Phi) is 2.51. The van der Waals surface area contributed by atoms with Gasteiger partial charge in [0.2, 0.25) is 0 Å². The van der Waals surface area contributed by atoms with E-state index < -0.39 is 0 Å². The van der Waals surface area contributed by atoms with Gasteiger partial charge in [-0.05, 0) is 12.0 Å². The molecular weight excluding hydrogens is 228 g/mol. The van der Waals surface area contributed by atoms with Gasteiger partial charge in [0.05, 0.1) is 0 Å². The van der Waals surface area contributed by atoms with Crippen LogP contribution in [0.4, 0.5) is 5.82 Å². The fourth-order valence-corrected chi connectivity index (χ4v) is 2.12. The highest BCUT2D eigenvalue weighted by Crippen LogP contribution is 2.40. The lowest BCUT2D eigenvalue weighted by molar-refractivity contribution is 0.0945. The molecule has 0 aliphatic heterocycles. The summed E-state index contributed by atoms with van der Waals surface area (Å²) in [5.74, 6) is 0.605. The smallest absolute Gasteiger partial charge is 0.269 e. The highest BCUT2D eigenvalue weighted by molar-refractivity contribution is 5.93. The van der Waals surface area contributed by atoms with Gasteiger partial charge in [-0.1, -0.05) is 30.3 Å². The third-order valence-corrected chi connectivity index (χ3v) is 3.18. The minimum Gasteiger partial charge on any atom is -0.382 e. The van der Waals surface area contributed by atoms with Crippen molar-refractivity contribution in [2.75, 3.05) is 5.73 Å². The van der Waals surface area contributed by atoms with E-state index in [1.54, 1.807) is 0 Å². The zero-order valence-electron chi connectivity index (χ0n) is 9.76. The number of benzene rings is 1. The number of carbonyl (C=O) groups excluding carboxylic acids is 1. The lowest BCUT2D eigenvalue weighted by Crippen LogP contribution is -2.26. The van der Waals surface area contributed by atoms with E-state index in [9.17, 15) is 4.79 Å². The van der Waals surface area contributed by atoms with Crippen LogP contribution in [-0.2, 0) is 0 Å². The zero-order chi connectivity index (χ0) is 12.5. The van der Waals surface area contributed by atoms with Gasteiger partial charge >= 0.3 is 0 Å². The van der Waals surface area contributed by atoms with Gasteiger partial charge in [0, 0.05) is 18.0 Å². The van der Waals surface area contributed by atoms with Crippen LogP contribution in [0.25, 0.3) is 0 Å². The van der Waals surface area contributed by atoms with E-state index in [-0.39, 0.29) is 11.9 Å². The van der Waals surface area contributed by atoms with E-state index >= 15 is 0 Å². The van der Waals surface area contributed by atoms with Gasteiger partial charge in [-0.3, -0.25) is 9.89 Å². The number of aromatic amines is 1. The molecule has 0 spiro atoms. The number of hydrogen-bond acceptors (Lipinski definition) is 3. The molecule has 2 atom stereocenters. The predicted octanol–water partition coefficient (Wildman–Crippen LogP) is 1.28. The Labute approximate surface area is 104 Å². The maximum absolute atomic E-state index is 11.8. The van der Waals surface area contributed by atoms with Crippen molar-refractivity contribution in [3.8, 4) is 0 Å². The number of nitrogens with zero attached hydrogens (tertiary/aromatic N) is 1. The average molecular weight is 242 g/mol. The molecule has 0 radical (unpaired) electrons. The molecule has 0 saturated heterocycles. The molecule has 5 heteroatoms. The molecule has 3 rings (SSSR count). The van der Waals surface area contributed by atoms with Crippen LogP contribution in [-0.4, -0.2) is 22.1 Å². The van der Waals surface area contributed by atoms with E-state index in [2.05, 4.69) is 27.6 Å². The zero-order valence-corrected chi connectivity index (χ0v) is 9.76. The second-order valence-corrected chi connectivity index (χ2v) is 4.54. The van der Waals surface area contributed by atoms with Crippen molar-refractivity contribution in [2.24, 2.45) is 0 Å². The van der Waals surface area contributed by atoms with Gasteiger partial charge < -0.3 is 11.1 Å². The summed E-state index contributed by atoms with van der Waals surface area (Å²) >= 11 is 0. The first kappa shape index (κ1) is 10.8. The maximum Gasteiger partial charge on any atom is 0.269 e. The third kappa shape index (κ3) is 2.07. The molecule has 0 bridgehead atoms. The Balaban J connectivity index is 1.62. The molecule has 92 valence electrons. The summed E-state index contributed by atoms with van der Waals surface area (Å²) in [6.07, 6.45) is 0.985. The van der Waals surface area contributed by atoms with Crippen LogP contribution in [0, 0.1) is 0 Å². The predicted molar refractivity (Wildman–Crippen MR) is 68.1 cm³/mol. The topological polar surface area (TPSA) is 83.8 Å². The second kappa shape index (κ2) is 4.18. The van der Waals surface area contributed by atoms with Crippen LogP contribution in [0.5, 0.6) is 0 Å². The minimum absolute atomic E-state index is 0.150. The van der Waals surface area contributed by atoms with Gasteiger partial charge in [-0.15, -0.1) is 0 Å². The number of aromatic nitrogens is 2. The average Bonchev–Trinajstić information content (AvgIpc) is 3.01. The molecule has 1 heterocycles. The van der Waals surface area contributed by atoms with Crippen molar-refractivity contribution in [1.29, 1.82) is 0 Å². The monoisotopic (exact) mass is 242 g/mol. The molecule has 4 N–H and O–H groups in total. The lowest BCUT2D eigenvalue weighted by atomic mass is 10.1. The van der Waals surface area contributed by atoms with E-state index in [1.807, 2.05) is 18.2 Å². The van der Waals surface area contributed by atoms with Crippen molar-refractivity contribution < 1.29 is 4.79 Å². The van der Waals surface area contributed by atoms with Crippen molar-refractivity contribution >= 4 is 11.7 Å². The van der Waals surface area contributed by atoms with E-state index in [0.29, 0.717) is 17.4 Å². The van der Waals surface area contributed by atoms with Crippen LogP contribution in [0.1, 0.15) is 28.4 Å². The Hall–Kier alpha value is -2.30. The number of carbonyl (C=O) groups is 1. The third-order valence-electron chi connectivity index (χ3n) is 3.18. The SMILES string of the molecule is Nc1cc(C(=O)NC2CC2c2ccccc2)[nH]n1. The summed E-state index contributed by atoms with van der Waals surface area (Å²) in [5.41, 5.74) is 7.14. The van der Waals surface area contributed by atoms with E-state index in [4.69, 9.17) is 5.73 Å². The molecular formula is C13H14N4O. The number of amides is 1. The molecule has 2 aromatic rings. The summed E-state index contributed by atoms with van der Waals surface area (Å²) in [4.78, 5) is 11.8. The second-order valence-electron chi connectivity index (χ2n) is 4.54. The summed E-state index contributed by atoms with van der Waals surface area (Å²) < 4.78 is 0. The molecule has 2 unspecified atom stereocenters. The van der Waals surface area contributed by atoms with Crippen LogP contribution in [0.2, 0.25) is 0 Å². The standard InChI is InChI=1S/C13H14N4O/c14-12-7-11(16-17-12)13(18)15-10-6-9(10)8-4-2-1-3-5-8/h1-5,7,9-10H,6H2,(H,15,18)(H3,14,16,17). The molecule has 1 aromatic carbocycles. The Morgan fingerprint density at radius 2 is 2.17 bits per heavy atom. The van der Waals surface area contributed by atoms with E-state index in [0.717, 1.165) is 6.42 Å². The van der Waals surface area contributed by atoms with Gasteiger partial charge in [0.15, 0.2) is 0 Å². The van der Waals surface area contributed by atoms with Crippen LogP contribution in [0.15, 0.2) is 36.4 Å². The van der Waals surface area contributed by atoms with Crippen molar-refractivity contribution in [2.45, 2.75) is 18.4 Å². The fourth-order valence-electron chi connectivity index (χ4n) is 2.12. The summed E-state index contributed by atoms with van der Waals surface area (Å²) in [6, 6.07) is 12.0. The highest BCUT2D eigenvalue weighted by Gasteiger charge is 2.39.